The predicted octanol–water partition coefficient (Wildman–Crippen LogP) is 2.62. The van der Waals surface area contributed by atoms with Gasteiger partial charge in [0.15, 0.2) is 0 Å². The standard InChI is InChI=1S/C18H27NO4/c1-18(2,3)23-17(21)14-4-6-15(7-5-14)19-10-8-16(9-11-19)22-13-12-20/h4-7,16,20H,8-13H2,1-3H3. The lowest BCUT2D eigenvalue weighted by Crippen LogP contribution is -2.37. The molecule has 1 aliphatic heterocycles. The van der Waals surface area contributed by atoms with Gasteiger partial charge < -0.3 is 19.5 Å². The molecule has 1 fully saturated rings. The number of esters is 1. The van der Waals surface area contributed by atoms with Crippen LogP contribution in [-0.4, -0.2) is 49.1 Å². The Morgan fingerprint density at radius 2 is 1.83 bits per heavy atom. The van der Waals surface area contributed by atoms with E-state index >= 15 is 0 Å². The average molecular weight is 321 g/mol. The Morgan fingerprint density at radius 3 is 2.35 bits per heavy atom. The molecule has 0 unspecified atom stereocenters. The van der Waals surface area contributed by atoms with E-state index < -0.39 is 5.60 Å². The zero-order chi connectivity index (χ0) is 16.9. The topological polar surface area (TPSA) is 59.0 Å². The van der Waals surface area contributed by atoms with Gasteiger partial charge in [-0.05, 0) is 57.9 Å². The van der Waals surface area contributed by atoms with Crippen molar-refractivity contribution >= 4 is 11.7 Å². The lowest BCUT2D eigenvalue weighted by atomic mass is 10.1. The Bertz CT molecular complexity index is 499. The van der Waals surface area contributed by atoms with Gasteiger partial charge in [-0.25, -0.2) is 4.79 Å². The normalized spacial score (nSPS) is 16.4. The SMILES string of the molecule is CC(C)(C)OC(=O)c1ccc(N2CCC(OCCO)CC2)cc1. The molecule has 0 spiro atoms. The molecular weight excluding hydrogens is 294 g/mol. The van der Waals surface area contributed by atoms with Crippen LogP contribution in [0.25, 0.3) is 0 Å². The number of ether oxygens (including phenoxy) is 2. The van der Waals surface area contributed by atoms with Crippen LogP contribution in [0, 0.1) is 0 Å². The van der Waals surface area contributed by atoms with E-state index in [1.54, 1.807) is 0 Å². The molecule has 1 N–H and O–H groups in total. The van der Waals surface area contributed by atoms with E-state index in [0.29, 0.717) is 12.2 Å². The summed E-state index contributed by atoms with van der Waals surface area (Å²) in [7, 11) is 0. The number of carbonyl (C=O) groups is 1. The summed E-state index contributed by atoms with van der Waals surface area (Å²) < 4.78 is 10.9. The van der Waals surface area contributed by atoms with Crippen molar-refractivity contribution in [3.63, 3.8) is 0 Å². The number of hydrogen-bond acceptors (Lipinski definition) is 5. The molecule has 1 aromatic rings. The van der Waals surface area contributed by atoms with Gasteiger partial charge in [0.25, 0.3) is 0 Å². The van der Waals surface area contributed by atoms with Crippen molar-refractivity contribution in [3.8, 4) is 0 Å². The molecular formula is C18H27NO4. The fourth-order valence-corrected chi connectivity index (χ4v) is 2.65. The Hall–Kier alpha value is -1.59. The minimum absolute atomic E-state index is 0.0757. The summed E-state index contributed by atoms with van der Waals surface area (Å²) in [5, 5.41) is 8.80. The Morgan fingerprint density at radius 1 is 1.22 bits per heavy atom. The maximum atomic E-state index is 12.0. The number of rotatable bonds is 5. The van der Waals surface area contributed by atoms with Gasteiger partial charge in [0.2, 0.25) is 0 Å². The molecule has 1 saturated heterocycles. The van der Waals surface area contributed by atoms with Crippen LogP contribution >= 0.6 is 0 Å². The van der Waals surface area contributed by atoms with E-state index in [1.807, 2.05) is 45.0 Å². The first kappa shape index (κ1) is 17.8. The van der Waals surface area contributed by atoms with Crippen molar-refractivity contribution in [2.45, 2.75) is 45.3 Å². The highest BCUT2D eigenvalue weighted by atomic mass is 16.6. The second-order valence-electron chi connectivity index (χ2n) is 6.83. The van der Waals surface area contributed by atoms with Crippen LogP contribution in [-0.2, 0) is 9.47 Å². The van der Waals surface area contributed by atoms with Gasteiger partial charge in [0.1, 0.15) is 5.60 Å². The van der Waals surface area contributed by atoms with Crippen LogP contribution < -0.4 is 4.90 Å². The van der Waals surface area contributed by atoms with Gasteiger partial charge >= 0.3 is 5.97 Å². The zero-order valence-electron chi connectivity index (χ0n) is 14.2. The molecule has 2 rings (SSSR count). The van der Waals surface area contributed by atoms with Crippen molar-refractivity contribution in [1.82, 2.24) is 0 Å². The molecule has 5 nitrogen and oxygen atoms in total. The lowest BCUT2D eigenvalue weighted by Gasteiger charge is -2.33. The van der Waals surface area contributed by atoms with Crippen molar-refractivity contribution < 1.29 is 19.4 Å². The number of aliphatic hydroxyl groups excluding tert-OH is 1. The third-order valence-electron chi connectivity index (χ3n) is 3.75. The third kappa shape index (κ3) is 5.52. The minimum Gasteiger partial charge on any atom is -0.456 e. The first-order valence-electron chi connectivity index (χ1n) is 8.20. The summed E-state index contributed by atoms with van der Waals surface area (Å²) in [4.78, 5) is 14.3. The summed E-state index contributed by atoms with van der Waals surface area (Å²) >= 11 is 0. The van der Waals surface area contributed by atoms with Crippen LogP contribution in [0.1, 0.15) is 44.0 Å². The van der Waals surface area contributed by atoms with Crippen LogP contribution in [0.3, 0.4) is 0 Å². The molecule has 0 atom stereocenters. The van der Waals surface area contributed by atoms with E-state index in [2.05, 4.69) is 4.90 Å². The molecule has 1 heterocycles. The van der Waals surface area contributed by atoms with Gasteiger partial charge in [-0.3, -0.25) is 0 Å². The van der Waals surface area contributed by atoms with E-state index in [9.17, 15) is 4.79 Å². The smallest absolute Gasteiger partial charge is 0.338 e. The van der Waals surface area contributed by atoms with Gasteiger partial charge in [0, 0.05) is 18.8 Å². The predicted molar refractivity (Wildman–Crippen MR) is 89.9 cm³/mol. The van der Waals surface area contributed by atoms with Gasteiger partial charge in [0.05, 0.1) is 24.9 Å². The summed E-state index contributed by atoms with van der Waals surface area (Å²) in [6, 6.07) is 7.57. The Balaban J connectivity index is 1.89. The number of aliphatic hydroxyl groups is 1. The Kier molecular flexibility index (Phi) is 6.02. The number of benzene rings is 1. The molecule has 0 aliphatic carbocycles. The van der Waals surface area contributed by atoms with Gasteiger partial charge in [-0.2, -0.15) is 0 Å². The molecule has 0 aromatic heterocycles. The highest BCUT2D eigenvalue weighted by Crippen LogP contribution is 2.22. The molecule has 128 valence electrons. The van der Waals surface area contributed by atoms with Crippen LogP contribution in [0.2, 0.25) is 0 Å². The fourth-order valence-electron chi connectivity index (χ4n) is 2.65. The minimum atomic E-state index is -0.480. The van der Waals surface area contributed by atoms with Crippen molar-refractivity contribution in [1.29, 1.82) is 0 Å². The summed E-state index contributed by atoms with van der Waals surface area (Å²) in [5.74, 6) is -0.292. The van der Waals surface area contributed by atoms with Crippen molar-refractivity contribution in [3.05, 3.63) is 29.8 Å². The number of nitrogens with zero attached hydrogens (tertiary/aromatic N) is 1. The molecule has 0 radical (unpaired) electrons. The first-order valence-corrected chi connectivity index (χ1v) is 8.20. The van der Waals surface area contributed by atoms with Crippen LogP contribution in [0.15, 0.2) is 24.3 Å². The molecule has 0 bridgehead atoms. The molecule has 23 heavy (non-hydrogen) atoms. The zero-order valence-corrected chi connectivity index (χ0v) is 14.2. The summed E-state index contributed by atoms with van der Waals surface area (Å²) in [5.41, 5.74) is 1.20. The second-order valence-corrected chi connectivity index (χ2v) is 6.83. The number of piperidine rings is 1. The summed E-state index contributed by atoms with van der Waals surface area (Å²) in [6.45, 7) is 7.91. The monoisotopic (exact) mass is 321 g/mol. The second kappa shape index (κ2) is 7.79. The molecule has 1 aromatic carbocycles. The highest BCUT2D eigenvalue weighted by Gasteiger charge is 2.21. The quantitative estimate of drug-likeness (QED) is 0.845. The number of anilines is 1. The third-order valence-corrected chi connectivity index (χ3v) is 3.75. The van der Waals surface area contributed by atoms with Gasteiger partial charge in [-0.15, -0.1) is 0 Å². The molecule has 5 heteroatoms. The fraction of sp³-hybridized carbons (Fsp3) is 0.611. The number of carbonyl (C=O) groups excluding carboxylic acids is 1. The van der Waals surface area contributed by atoms with Crippen molar-refractivity contribution in [2.24, 2.45) is 0 Å². The van der Waals surface area contributed by atoms with Gasteiger partial charge in [-0.1, -0.05) is 0 Å². The summed E-state index contributed by atoms with van der Waals surface area (Å²) in [6.07, 6.45) is 2.14. The van der Waals surface area contributed by atoms with E-state index in [-0.39, 0.29) is 18.7 Å². The maximum Gasteiger partial charge on any atom is 0.338 e. The maximum absolute atomic E-state index is 12.0. The van der Waals surface area contributed by atoms with E-state index in [1.165, 1.54) is 0 Å². The van der Waals surface area contributed by atoms with E-state index in [0.717, 1.165) is 31.6 Å². The molecule has 1 aliphatic rings. The average Bonchev–Trinajstić information content (AvgIpc) is 2.52. The Labute approximate surface area is 138 Å². The van der Waals surface area contributed by atoms with Crippen LogP contribution in [0.4, 0.5) is 5.69 Å². The van der Waals surface area contributed by atoms with E-state index in [4.69, 9.17) is 14.6 Å². The van der Waals surface area contributed by atoms with Crippen LogP contribution in [0.5, 0.6) is 0 Å². The largest absolute Gasteiger partial charge is 0.456 e. The highest BCUT2D eigenvalue weighted by molar-refractivity contribution is 5.90. The van der Waals surface area contributed by atoms with Crippen molar-refractivity contribution in [2.75, 3.05) is 31.2 Å². The first-order chi connectivity index (χ1) is 10.9. The molecule has 0 saturated carbocycles. The number of hydrogen-bond donors (Lipinski definition) is 1. The lowest BCUT2D eigenvalue weighted by molar-refractivity contribution is 0.00695. The molecule has 0 amide bonds.